The first-order chi connectivity index (χ1) is 11.3. The van der Waals surface area contributed by atoms with Crippen molar-refractivity contribution in [3.63, 3.8) is 0 Å². The fourth-order valence-electron chi connectivity index (χ4n) is 3.37. The van der Waals surface area contributed by atoms with Crippen LogP contribution in [0.1, 0.15) is 37.8 Å². The quantitative estimate of drug-likeness (QED) is 0.688. The van der Waals surface area contributed by atoms with E-state index < -0.39 is 0 Å². The summed E-state index contributed by atoms with van der Waals surface area (Å²) in [4.78, 5) is 0. The molecule has 0 bridgehead atoms. The first-order valence-corrected chi connectivity index (χ1v) is 8.77. The molecule has 1 atom stereocenters. The predicted molar refractivity (Wildman–Crippen MR) is 99.7 cm³/mol. The highest BCUT2D eigenvalue weighted by Gasteiger charge is 2.38. The molecular weight excluding hydrogens is 280 g/mol. The Labute approximate surface area is 141 Å². The van der Waals surface area contributed by atoms with E-state index in [2.05, 4.69) is 79.8 Å². The Hall–Kier alpha value is -1.64. The summed E-state index contributed by atoms with van der Waals surface area (Å²) in [6.07, 6.45) is 2.42. The molecule has 0 aliphatic heterocycles. The second kappa shape index (κ2) is 8.85. The molecule has 0 aliphatic carbocycles. The fraction of sp³-hybridized carbons (Fsp3) is 0.429. The van der Waals surface area contributed by atoms with Crippen LogP contribution in [-0.2, 0) is 5.41 Å². The Morgan fingerprint density at radius 2 is 1.48 bits per heavy atom. The lowest BCUT2D eigenvalue weighted by Gasteiger charge is -2.40. The third-order valence-electron chi connectivity index (χ3n) is 4.88. The van der Waals surface area contributed by atoms with Crippen LogP contribution in [0.2, 0.25) is 0 Å². The maximum atomic E-state index is 6.14. The summed E-state index contributed by atoms with van der Waals surface area (Å²) >= 11 is 0. The smallest absolute Gasteiger partial charge is 0.0364 e. The first kappa shape index (κ1) is 17.7. The van der Waals surface area contributed by atoms with Gasteiger partial charge in [0.2, 0.25) is 0 Å². The molecule has 0 saturated carbocycles. The largest absolute Gasteiger partial charge is 0.330 e. The molecule has 2 nitrogen and oxygen atoms in total. The average Bonchev–Trinajstić information content (AvgIpc) is 2.63. The van der Waals surface area contributed by atoms with Crippen LogP contribution in [-0.4, -0.2) is 19.6 Å². The molecule has 0 fully saturated rings. The summed E-state index contributed by atoms with van der Waals surface area (Å²) in [6, 6.07) is 21.6. The van der Waals surface area contributed by atoms with Gasteiger partial charge in [-0.1, -0.05) is 80.9 Å². The molecule has 0 spiro atoms. The highest BCUT2D eigenvalue weighted by molar-refractivity contribution is 5.41. The van der Waals surface area contributed by atoms with Gasteiger partial charge in [-0.2, -0.15) is 0 Å². The summed E-state index contributed by atoms with van der Waals surface area (Å²) in [5.41, 5.74) is 8.72. The van der Waals surface area contributed by atoms with Crippen LogP contribution >= 0.6 is 0 Å². The van der Waals surface area contributed by atoms with Gasteiger partial charge in [-0.05, 0) is 36.6 Å². The summed E-state index contributed by atoms with van der Waals surface area (Å²) in [6.45, 7) is 7.13. The van der Waals surface area contributed by atoms with Crippen LogP contribution in [0, 0.1) is 5.92 Å². The lowest BCUT2D eigenvalue weighted by molar-refractivity contribution is 0.332. The van der Waals surface area contributed by atoms with Crippen molar-refractivity contribution in [2.75, 3.05) is 19.6 Å². The zero-order valence-corrected chi connectivity index (χ0v) is 14.5. The SMILES string of the molecule is CCCCNCC(c1ccccc1)(c1ccccc1)C(C)CN. The number of hydrogen-bond donors (Lipinski definition) is 2. The van der Waals surface area contributed by atoms with E-state index in [4.69, 9.17) is 5.73 Å². The van der Waals surface area contributed by atoms with Crippen molar-refractivity contribution >= 4 is 0 Å². The van der Waals surface area contributed by atoms with Gasteiger partial charge in [0, 0.05) is 12.0 Å². The minimum atomic E-state index is -0.0923. The molecule has 2 aromatic carbocycles. The van der Waals surface area contributed by atoms with Crippen molar-refractivity contribution < 1.29 is 0 Å². The third-order valence-corrected chi connectivity index (χ3v) is 4.88. The van der Waals surface area contributed by atoms with E-state index in [1.165, 1.54) is 24.0 Å². The van der Waals surface area contributed by atoms with E-state index in [9.17, 15) is 0 Å². The lowest BCUT2D eigenvalue weighted by Crippen LogP contribution is -2.47. The van der Waals surface area contributed by atoms with Crippen LogP contribution < -0.4 is 11.1 Å². The van der Waals surface area contributed by atoms with Crippen molar-refractivity contribution in [3.05, 3.63) is 71.8 Å². The van der Waals surface area contributed by atoms with Gasteiger partial charge in [0.15, 0.2) is 0 Å². The molecule has 0 radical (unpaired) electrons. The molecule has 0 heterocycles. The number of nitrogens with two attached hydrogens (primary N) is 1. The molecular formula is C21H30N2. The topological polar surface area (TPSA) is 38.0 Å². The third kappa shape index (κ3) is 4.01. The van der Waals surface area contributed by atoms with Crippen LogP contribution in [0.25, 0.3) is 0 Å². The molecule has 0 aromatic heterocycles. The van der Waals surface area contributed by atoms with E-state index in [-0.39, 0.29) is 5.41 Å². The van der Waals surface area contributed by atoms with Gasteiger partial charge in [0.1, 0.15) is 0 Å². The maximum Gasteiger partial charge on any atom is 0.0364 e. The normalized spacial score (nSPS) is 13.0. The Bertz CT molecular complexity index is 511. The van der Waals surface area contributed by atoms with Gasteiger partial charge < -0.3 is 11.1 Å². The predicted octanol–water partition coefficient (Wildman–Crippen LogP) is 3.96. The van der Waals surface area contributed by atoms with E-state index in [1.54, 1.807) is 0 Å². The van der Waals surface area contributed by atoms with Crippen LogP contribution in [0.3, 0.4) is 0 Å². The summed E-state index contributed by atoms with van der Waals surface area (Å²) < 4.78 is 0. The van der Waals surface area contributed by atoms with E-state index in [1.807, 2.05) is 0 Å². The molecule has 23 heavy (non-hydrogen) atoms. The van der Waals surface area contributed by atoms with Crippen molar-refractivity contribution in [2.24, 2.45) is 11.7 Å². The summed E-state index contributed by atoms with van der Waals surface area (Å²) in [5, 5.41) is 3.68. The molecule has 2 heteroatoms. The second-order valence-electron chi connectivity index (χ2n) is 6.37. The zero-order chi connectivity index (χ0) is 16.5. The van der Waals surface area contributed by atoms with Gasteiger partial charge in [0.25, 0.3) is 0 Å². The summed E-state index contributed by atoms with van der Waals surface area (Å²) in [7, 11) is 0. The number of hydrogen-bond acceptors (Lipinski definition) is 2. The lowest BCUT2D eigenvalue weighted by atomic mass is 9.66. The van der Waals surface area contributed by atoms with Crippen molar-refractivity contribution in [3.8, 4) is 0 Å². The molecule has 0 aliphatic rings. The van der Waals surface area contributed by atoms with Gasteiger partial charge in [-0.3, -0.25) is 0 Å². The minimum Gasteiger partial charge on any atom is -0.330 e. The molecule has 0 amide bonds. The molecule has 2 rings (SSSR count). The standard InChI is InChI=1S/C21H30N2/c1-3-4-15-23-17-21(18(2)16-22,19-11-7-5-8-12-19)20-13-9-6-10-14-20/h5-14,18,23H,3-4,15-17,22H2,1-2H3. The first-order valence-electron chi connectivity index (χ1n) is 8.77. The van der Waals surface area contributed by atoms with E-state index in [0.29, 0.717) is 12.5 Å². The fourth-order valence-corrected chi connectivity index (χ4v) is 3.37. The second-order valence-corrected chi connectivity index (χ2v) is 6.37. The molecule has 1 unspecified atom stereocenters. The van der Waals surface area contributed by atoms with E-state index in [0.717, 1.165) is 13.1 Å². The van der Waals surface area contributed by atoms with Crippen molar-refractivity contribution in [1.29, 1.82) is 0 Å². The van der Waals surface area contributed by atoms with Crippen LogP contribution in [0.5, 0.6) is 0 Å². The highest BCUT2D eigenvalue weighted by atomic mass is 14.9. The van der Waals surface area contributed by atoms with E-state index >= 15 is 0 Å². The van der Waals surface area contributed by atoms with Gasteiger partial charge in [-0.15, -0.1) is 0 Å². The number of rotatable bonds is 9. The Morgan fingerprint density at radius 3 is 1.91 bits per heavy atom. The number of nitrogens with one attached hydrogen (secondary N) is 1. The molecule has 0 saturated heterocycles. The van der Waals surface area contributed by atoms with Crippen LogP contribution in [0.15, 0.2) is 60.7 Å². The average molecular weight is 310 g/mol. The Kier molecular flexibility index (Phi) is 6.82. The number of benzene rings is 2. The van der Waals surface area contributed by atoms with Gasteiger partial charge in [0.05, 0.1) is 0 Å². The Balaban J connectivity index is 2.45. The van der Waals surface area contributed by atoms with Crippen molar-refractivity contribution in [2.45, 2.75) is 32.1 Å². The highest BCUT2D eigenvalue weighted by Crippen LogP contribution is 2.38. The maximum absolute atomic E-state index is 6.14. The van der Waals surface area contributed by atoms with Crippen molar-refractivity contribution in [1.82, 2.24) is 5.32 Å². The zero-order valence-electron chi connectivity index (χ0n) is 14.5. The number of unbranched alkanes of at least 4 members (excludes halogenated alkanes) is 1. The van der Waals surface area contributed by atoms with Gasteiger partial charge >= 0.3 is 0 Å². The Morgan fingerprint density at radius 1 is 0.957 bits per heavy atom. The monoisotopic (exact) mass is 310 g/mol. The molecule has 124 valence electrons. The minimum absolute atomic E-state index is 0.0923. The van der Waals surface area contributed by atoms with Gasteiger partial charge in [-0.25, -0.2) is 0 Å². The molecule has 2 aromatic rings. The molecule has 3 N–H and O–H groups in total. The summed E-state index contributed by atoms with van der Waals surface area (Å²) in [5.74, 6) is 0.349. The van der Waals surface area contributed by atoms with Crippen LogP contribution in [0.4, 0.5) is 0 Å².